The van der Waals surface area contributed by atoms with E-state index in [0.717, 1.165) is 16.4 Å². The van der Waals surface area contributed by atoms with Gasteiger partial charge in [-0.05, 0) is 30.9 Å². The molecule has 0 aromatic heterocycles. The first-order valence-corrected chi connectivity index (χ1v) is 7.98. The normalized spacial score (nSPS) is 20.9. The quantitative estimate of drug-likeness (QED) is 0.923. The first kappa shape index (κ1) is 16.3. The van der Waals surface area contributed by atoms with Crippen LogP contribution in [0.15, 0.2) is 29.2 Å². The molecule has 0 spiro atoms. The molecule has 0 aliphatic carbocycles. The minimum absolute atomic E-state index is 0.0113. The van der Waals surface area contributed by atoms with Crippen LogP contribution >= 0.6 is 0 Å². The first-order valence-electron chi connectivity index (χ1n) is 6.54. The molecule has 1 fully saturated rings. The Morgan fingerprint density at radius 3 is 2.57 bits per heavy atom. The van der Waals surface area contributed by atoms with Gasteiger partial charge in [-0.25, -0.2) is 8.42 Å². The Morgan fingerprint density at radius 1 is 1.29 bits per heavy atom. The van der Waals surface area contributed by atoms with Crippen LogP contribution in [0, 0.1) is 5.92 Å². The predicted molar refractivity (Wildman–Crippen MR) is 70.0 cm³/mol. The molecule has 0 bridgehead atoms. The van der Waals surface area contributed by atoms with E-state index in [0.29, 0.717) is 12.8 Å². The summed E-state index contributed by atoms with van der Waals surface area (Å²) < 4.78 is 64.7. The maximum absolute atomic E-state index is 12.9. The van der Waals surface area contributed by atoms with Crippen LogP contribution < -0.4 is 0 Å². The number of sulfonamides is 1. The Balaban J connectivity index is 2.34. The van der Waals surface area contributed by atoms with Crippen LogP contribution in [-0.2, 0) is 16.2 Å². The lowest BCUT2D eigenvalue weighted by molar-refractivity contribution is -0.139. The number of benzene rings is 1. The summed E-state index contributed by atoms with van der Waals surface area (Å²) in [4.78, 5) is -0.706. The van der Waals surface area contributed by atoms with E-state index < -0.39 is 26.7 Å². The highest BCUT2D eigenvalue weighted by Gasteiger charge is 2.40. The third-order valence-electron chi connectivity index (χ3n) is 3.60. The van der Waals surface area contributed by atoms with Crippen molar-refractivity contribution in [2.45, 2.75) is 23.9 Å². The molecule has 21 heavy (non-hydrogen) atoms. The third kappa shape index (κ3) is 3.38. The van der Waals surface area contributed by atoms with Gasteiger partial charge in [0.1, 0.15) is 0 Å². The van der Waals surface area contributed by atoms with Crippen LogP contribution in [-0.4, -0.2) is 37.5 Å². The second kappa shape index (κ2) is 5.94. The van der Waals surface area contributed by atoms with Crippen LogP contribution in [0.2, 0.25) is 0 Å². The highest BCUT2D eigenvalue weighted by atomic mass is 32.2. The van der Waals surface area contributed by atoms with Crippen LogP contribution in [0.4, 0.5) is 13.2 Å². The molecule has 0 saturated carbocycles. The van der Waals surface area contributed by atoms with Crippen LogP contribution in [0.5, 0.6) is 0 Å². The summed E-state index contributed by atoms with van der Waals surface area (Å²) in [5.41, 5.74) is -1.14. The van der Waals surface area contributed by atoms with Crippen molar-refractivity contribution in [2.75, 3.05) is 19.7 Å². The number of aliphatic hydroxyl groups excluding tert-OH is 1. The Bertz CT molecular complexity index is 601. The highest BCUT2D eigenvalue weighted by molar-refractivity contribution is 7.89. The van der Waals surface area contributed by atoms with E-state index in [1.807, 2.05) is 0 Å². The average molecular weight is 323 g/mol. The van der Waals surface area contributed by atoms with E-state index in [4.69, 9.17) is 5.11 Å². The zero-order chi connectivity index (χ0) is 15.7. The van der Waals surface area contributed by atoms with Gasteiger partial charge in [-0.2, -0.15) is 17.5 Å². The molecular formula is C13H16F3NO3S. The number of rotatable bonds is 4. The molecule has 1 heterocycles. The maximum atomic E-state index is 12.9. The fraction of sp³-hybridized carbons (Fsp3) is 0.538. The van der Waals surface area contributed by atoms with E-state index in [9.17, 15) is 21.6 Å². The van der Waals surface area contributed by atoms with E-state index in [2.05, 4.69) is 0 Å². The van der Waals surface area contributed by atoms with Gasteiger partial charge >= 0.3 is 6.18 Å². The number of halogens is 3. The SMILES string of the molecule is O=S(=O)(c1ccccc1C(F)(F)F)N1CCC(CCO)C1. The standard InChI is InChI=1S/C13H16F3NO3S/c14-13(15,16)11-3-1-2-4-12(11)21(19,20)17-7-5-10(9-17)6-8-18/h1-4,10,18H,5-9H2. The lowest BCUT2D eigenvalue weighted by Gasteiger charge is -2.19. The summed E-state index contributed by atoms with van der Waals surface area (Å²) >= 11 is 0. The van der Waals surface area contributed by atoms with Gasteiger partial charge in [0.05, 0.1) is 10.5 Å². The molecular weight excluding hydrogens is 307 g/mol. The van der Waals surface area contributed by atoms with Gasteiger partial charge in [-0.3, -0.25) is 0 Å². The summed E-state index contributed by atoms with van der Waals surface area (Å²) in [5.74, 6) is -0.0113. The second-order valence-electron chi connectivity index (χ2n) is 5.02. The van der Waals surface area contributed by atoms with Crippen LogP contribution in [0.1, 0.15) is 18.4 Å². The molecule has 4 nitrogen and oxygen atoms in total. The molecule has 1 aromatic rings. The smallest absolute Gasteiger partial charge is 0.396 e. The topological polar surface area (TPSA) is 57.6 Å². The van der Waals surface area contributed by atoms with Gasteiger partial charge in [0.25, 0.3) is 0 Å². The largest absolute Gasteiger partial charge is 0.417 e. The zero-order valence-electron chi connectivity index (χ0n) is 11.2. The lowest BCUT2D eigenvalue weighted by atomic mass is 10.1. The minimum atomic E-state index is -4.71. The number of alkyl halides is 3. The Kier molecular flexibility index (Phi) is 4.60. The fourth-order valence-electron chi connectivity index (χ4n) is 2.50. The average Bonchev–Trinajstić information content (AvgIpc) is 2.87. The van der Waals surface area contributed by atoms with E-state index in [1.54, 1.807) is 0 Å². The van der Waals surface area contributed by atoms with Gasteiger partial charge in [0.2, 0.25) is 10.0 Å². The van der Waals surface area contributed by atoms with Gasteiger partial charge in [0.15, 0.2) is 0 Å². The molecule has 1 unspecified atom stereocenters. The second-order valence-corrected chi connectivity index (χ2v) is 6.93. The Hall–Kier alpha value is -1.12. The van der Waals surface area contributed by atoms with Crippen LogP contribution in [0.25, 0.3) is 0 Å². The van der Waals surface area contributed by atoms with Crippen molar-refractivity contribution in [2.24, 2.45) is 5.92 Å². The zero-order valence-corrected chi connectivity index (χ0v) is 12.0. The molecule has 1 aliphatic rings. The van der Waals surface area contributed by atoms with Crippen molar-refractivity contribution >= 4 is 10.0 Å². The van der Waals surface area contributed by atoms with Crippen molar-refractivity contribution in [1.29, 1.82) is 0 Å². The Labute approximate surface area is 121 Å². The number of hydrogen-bond acceptors (Lipinski definition) is 3. The van der Waals surface area contributed by atoms with Crippen molar-refractivity contribution in [3.63, 3.8) is 0 Å². The predicted octanol–water partition coefficient (Wildman–Crippen LogP) is 2.10. The number of nitrogens with zero attached hydrogens (tertiary/aromatic N) is 1. The monoisotopic (exact) mass is 323 g/mol. The van der Waals surface area contributed by atoms with E-state index in [1.165, 1.54) is 12.1 Å². The molecule has 8 heteroatoms. The van der Waals surface area contributed by atoms with Crippen molar-refractivity contribution in [3.05, 3.63) is 29.8 Å². The molecule has 1 atom stereocenters. The molecule has 1 aliphatic heterocycles. The minimum Gasteiger partial charge on any atom is -0.396 e. The Morgan fingerprint density at radius 2 is 1.95 bits per heavy atom. The summed E-state index contributed by atoms with van der Waals surface area (Å²) in [6, 6.07) is 4.20. The van der Waals surface area contributed by atoms with E-state index >= 15 is 0 Å². The lowest BCUT2D eigenvalue weighted by Crippen LogP contribution is -2.30. The molecule has 0 radical (unpaired) electrons. The summed E-state index contributed by atoms with van der Waals surface area (Å²) in [5, 5.41) is 8.87. The third-order valence-corrected chi connectivity index (χ3v) is 5.52. The van der Waals surface area contributed by atoms with Crippen molar-refractivity contribution in [3.8, 4) is 0 Å². The molecule has 118 valence electrons. The number of hydrogen-bond donors (Lipinski definition) is 1. The van der Waals surface area contributed by atoms with E-state index in [-0.39, 0.29) is 25.6 Å². The highest BCUT2D eigenvalue weighted by Crippen LogP contribution is 2.36. The van der Waals surface area contributed by atoms with Gasteiger partial charge in [-0.15, -0.1) is 0 Å². The van der Waals surface area contributed by atoms with Crippen molar-refractivity contribution in [1.82, 2.24) is 4.31 Å². The summed E-state index contributed by atoms with van der Waals surface area (Å²) in [6.45, 7) is 0.270. The molecule has 2 rings (SSSR count). The molecule has 1 aromatic carbocycles. The van der Waals surface area contributed by atoms with Gasteiger partial charge in [0, 0.05) is 19.7 Å². The molecule has 1 N–H and O–H groups in total. The molecule has 0 amide bonds. The number of aliphatic hydroxyl groups is 1. The van der Waals surface area contributed by atoms with Gasteiger partial charge in [-0.1, -0.05) is 12.1 Å². The fourth-order valence-corrected chi connectivity index (χ4v) is 4.24. The van der Waals surface area contributed by atoms with Crippen LogP contribution in [0.3, 0.4) is 0 Å². The maximum Gasteiger partial charge on any atom is 0.417 e. The summed E-state index contributed by atoms with van der Waals surface area (Å²) in [7, 11) is -4.17. The van der Waals surface area contributed by atoms with Gasteiger partial charge < -0.3 is 5.11 Å². The first-order chi connectivity index (χ1) is 9.76. The molecule has 1 saturated heterocycles. The van der Waals surface area contributed by atoms with Crippen molar-refractivity contribution < 1.29 is 26.7 Å². The summed E-state index contributed by atoms with van der Waals surface area (Å²) in [6.07, 6.45) is -3.71.